The maximum atomic E-state index is 13.2. The molecule has 1 amide bonds. The van der Waals surface area contributed by atoms with Crippen LogP contribution in [0.5, 0.6) is 5.75 Å². The number of carbonyl (C=O) groups is 1. The van der Waals surface area contributed by atoms with E-state index in [1.807, 2.05) is 4.90 Å². The highest BCUT2D eigenvalue weighted by Gasteiger charge is 2.23. The van der Waals surface area contributed by atoms with Crippen LogP contribution in [0.3, 0.4) is 0 Å². The molecule has 0 aliphatic carbocycles. The normalized spacial score (nSPS) is 13.2. The number of methoxy groups -OCH3 is 1. The van der Waals surface area contributed by atoms with Gasteiger partial charge in [-0.1, -0.05) is 0 Å². The van der Waals surface area contributed by atoms with Crippen LogP contribution in [0.15, 0.2) is 52.9 Å². The van der Waals surface area contributed by atoms with Gasteiger partial charge in [0.25, 0.3) is 11.6 Å². The molecule has 0 bridgehead atoms. The fourth-order valence-corrected chi connectivity index (χ4v) is 4.00. The molecule has 0 atom stereocenters. The number of aliphatic hydroxyl groups excluding tert-OH is 1. The predicted molar refractivity (Wildman–Crippen MR) is 136 cm³/mol. The molecule has 0 radical (unpaired) electrons. The molecule has 1 aliphatic heterocycles. The number of anilines is 2. The molecule has 1 fully saturated rings. The van der Waals surface area contributed by atoms with E-state index < -0.39 is 10.8 Å². The molecule has 4 rings (SSSR count). The molecular formula is C24H24N4O7S. The Hall–Kier alpha value is -4.00. The van der Waals surface area contributed by atoms with Gasteiger partial charge in [-0.3, -0.25) is 20.2 Å². The summed E-state index contributed by atoms with van der Waals surface area (Å²) in [5, 5.41) is 26.1. The lowest BCUT2D eigenvalue weighted by atomic mass is 10.1. The van der Waals surface area contributed by atoms with Gasteiger partial charge >= 0.3 is 0 Å². The topological polar surface area (TPSA) is 139 Å². The first-order valence-electron chi connectivity index (χ1n) is 11.0. The second kappa shape index (κ2) is 11.2. The van der Waals surface area contributed by atoms with Crippen molar-refractivity contribution in [2.75, 3.05) is 43.6 Å². The highest BCUT2D eigenvalue weighted by atomic mass is 32.1. The second-order valence-electron chi connectivity index (χ2n) is 7.81. The number of hydrogen-bond donors (Lipinski definition) is 3. The lowest BCUT2D eigenvalue weighted by Crippen LogP contribution is -2.39. The van der Waals surface area contributed by atoms with Crippen LogP contribution in [0.25, 0.3) is 11.3 Å². The third-order valence-corrected chi connectivity index (χ3v) is 5.77. The number of morpholine rings is 1. The molecule has 12 heteroatoms. The third-order valence-electron chi connectivity index (χ3n) is 5.56. The highest BCUT2D eigenvalue weighted by Crippen LogP contribution is 2.32. The number of rotatable bonds is 7. The van der Waals surface area contributed by atoms with Gasteiger partial charge in [-0.25, -0.2) is 0 Å². The van der Waals surface area contributed by atoms with E-state index in [0.29, 0.717) is 60.5 Å². The van der Waals surface area contributed by atoms with Crippen LogP contribution in [-0.2, 0) is 11.3 Å². The molecule has 1 saturated heterocycles. The van der Waals surface area contributed by atoms with E-state index in [9.17, 15) is 20.0 Å². The molecule has 2 aromatic carbocycles. The summed E-state index contributed by atoms with van der Waals surface area (Å²) in [6.45, 7) is 1.86. The molecule has 0 spiro atoms. The molecule has 3 aromatic rings. The maximum absolute atomic E-state index is 13.2. The van der Waals surface area contributed by atoms with Crippen LogP contribution >= 0.6 is 12.2 Å². The monoisotopic (exact) mass is 512 g/mol. The van der Waals surface area contributed by atoms with Crippen molar-refractivity contribution in [1.29, 1.82) is 0 Å². The summed E-state index contributed by atoms with van der Waals surface area (Å²) in [5.74, 6) is 0.831. The molecule has 3 N–H and O–H groups in total. The molecule has 0 unspecified atom stereocenters. The Labute approximate surface area is 211 Å². The first kappa shape index (κ1) is 25.1. The van der Waals surface area contributed by atoms with Gasteiger partial charge in [-0.05, 0) is 48.6 Å². The summed E-state index contributed by atoms with van der Waals surface area (Å²) in [6.07, 6.45) is 0. The minimum atomic E-state index is -0.591. The summed E-state index contributed by atoms with van der Waals surface area (Å²) in [5.41, 5.74) is 1.64. The van der Waals surface area contributed by atoms with Gasteiger partial charge in [-0.2, -0.15) is 0 Å². The number of ether oxygens (including phenoxy) is 2. The average Bonchev–Trinajstić information content (AvgIpc) is 3.38. The number of amides is 1. The fraction of sp³-hybridized carbons (Fsp3) is 0.250. The number of carbonyl (C=O) groups excluding carboxylic acids is 1. The molecule has 1 aliphatic rings. The van der Waals surface area contributed by atoms with Gasteiger partial charge in [0.15, 0.2) is 5.11 Å². The van der Waals surface area contributed by atoms with Gasteiger partial charge in [0.2, 0.25) is 0 Å². The molecular weight excluding hydrogens is 488 g/mol. The molecule has 0 saturated carbocycles. The zero-order valence-corrected chi connectivity index (χ0v) is 20.2. The average molecular weight is 513 g/mol. The predicted octanol–water partition coefficient (Wildman–Crippen LogP) is 3.32. The zero-order valence-electron chi connectivity index (χ0n) is 19.4. The minimum absolute atomic E-state index is 0.0228. The lowest BCUT2D eigenvalue weighted by molar-refractivity contribution is -0.384. The number of nitrogens with one attached hydrogen (secondary N) is 2. The first-order valence-corrected chi connectivity index (χ1v) is 11.4. The van der Waals surface area contributed by atoms with Crippen molar-refractivity contribution in [2.45, 2.75) is 6.61 Å². The maximum Gasteiger partial charge on any atom is 0.270 e. The lowest BCUT2D eigenvalue weighted by Gasteiger charge is -2.30. The summed E-state index contributed by atoms with van der Waals surface area (Å²) < 4.78 is 16.4. The van der Waals surface area contributed by atoms with Crippen LogP contribution in [0.1, 0.15) is 16.1 Å². The van der Waals surface area contributed by atoms with Crippen molar-refractivity contribution in [3.8, 4) is 17.1 Å². The quantitative estimate of drug-likeness (QED) is 0.245. The molecule has 36 heavy (non-hydrogen) atoms. The van der Waals surface area contributed by atoms with E-state index in [2.05, 4.69) is 10.6 Å². The van der Waals surface area contributed by atoms with Gasteiger partial charge in [0.05, 0.1) is 42.2 Å². The molecule has 1 aromatic heterocycles. The number of nitrogens with zero attached hydrogens (tertiary/aromatic N) is 2. The SMILES string of the molecule is COc1ccc(-c2ccc(CO)o2)cc1NC(=S)NC(=O)c1cc([N+](=O)[O-])ccc1N1CCOCC1. The Balaban J connectivity index is 1.55. The minimum Gasteiger partial charge on any atom is -0.495 e. The number of hydrogen-bond acceptors (Lipinski definition) is 9. The van der Waals surface area contributed by atoms with Crippen LogP contribution in [0.2, 0.25) is 0 Å². The summed E-state index contributed by atoms with van der Waals surface area (Å²) >= 11 is 5.36. The van der Waals surface area contributed by atoms with Crippen molar-refractivity contribution >= 4 is 40.3 Å². The van der Waals surface area contributed by atoms with Gasteiger partial charge in [0, 0.05) is 30.8 Å². The summed E-state index contributed by atoms with van der Waals surface area (Å²) in [7, 11) is 1.50. The van der Waals surface area contributed by atoms with E-state index in [0.717, 1.165) is 0 Å². The fourth-order valence-electron chi connectivity index (χ4n) is 3.80. The number of thiocarbonyl (C=S) groups is 1. The van der Waals surface area contributed by atoms with Gasteiger partial charge in [0.1, 0.15) is 23.9 Å². The number of aliphatic hydroxyl groups is 1. The van der Waals surface area contributed by atoms with E-state index >= 15 is 0 Å². The van der Waals surface area contributed by atoms with Gasteiger partial charge in [-0.15, -0.1) is 0 Å². The molecule has 11 nitrogen and oxygen atoms in total. The number of furan rings is 1. The van der Waals surface area contributed by atoms with Crippen molar-refractivity contribution < 1.29 is 28.7 Å². The van der Waals surface area contributed by atoms with Crippen LogP contribution in [0.4, 0.5) is 17.1 Å². The first-order chi connectivity index (χ1) is 17.4. The Morgan fingerprint density at radius 1 is 1.19 bits per heavy atom. The van der Waals surface area contributed by atoms with Crippen molar-refractivity contribution in [2.24, 2.45) is 0 Å². The van der Waals surface area contributed by atoms with Crippen molar-refractivity contribution in [3.63, 3.8) is 0 Å². The zero-order chi connectivity index (χ0) is 25.7. The molecule has 2 heterocycles. The number of benzene rings is 2. The largest absolute Gasteiger partial charge is 0.495 e. The Bertz CT molecular complexity index is 1290. The van der Waals surface area contributed by atoms with Crippen molar-refractivity contribution in [1.82, 2.24) is 5.32 Å². The highest BCUT2D eigenvalue weighted by molar-refractivity contribution is 7.80. The summed E-state index contributed by atoms with van der Waals surface area (Å²) in [6, 6.07) is 12.8. The Morgan fingerprint density at radius 2 is 1.97 bits per heavy atom. The van der Waals surface area contributed by atoms with Crippen LogP contribution in [0, 0.1) is 10.1 Å². The second-order valence-corrected chi connectivity index (χ2v) is 8.21. The van der Waals surface area contributed by atoms with E-state index in [4.69, 9.17) is 26.1 Å². The number of non-ortho nitro benzene ring substituents is 1. The Morgan fingerprint density at radius 3 is 2.64 bits per heavy atom. The smallest absolute Gasteiger partial charge is 0.270 e. The van der Waals surface area contributed by atoms with E-state index in [1.165, 1.54) is 19.2 Å². The van der Waals surface area contributed by atoms with Crippen LogP contribution < -0.4 is 20.3 Å². The standard InChI is InChI=1S/C24H24N4O7S/c1-33-22-6-2-15(21-7-4-17(14-29)35-21)12-19(22)25-24(36)26-23(30)18-13-16(28(31)32)3-5-20(18)27-8-10-34-11-9-27/h2-7,12-13,29H,8-11,14H2,1H3,(H2,25,26,30,36). The summed E-state index contributed by atoms with van der Waals surface area (Å²) in [4.78, 5) is 25.9. The molecule has 188 valence electrons. The number of nitro groups is 1. The van der Waals surface area contributed by atoms with Crippen molar-refractivity contribution in [3.05, 3.63) is 70.0 Å². The van der Waals surface area contributed by atoms with E-state index in [-0.39, 0.29) is 23.0 Å². The Kier molecular flexibility index (Phi) is 7.78. The third kappa shape index (κ3) is 5.62. The number of nitro benzene ring substituents is 1. The van der Waals surface area contributed by atoms with Gasteiger partial charge < -0.3 is 29.2 Å². The van der Waals surface area contributed by atoms with E-state index in [1.54, 1.807) is 36.4 Å². The van der Waals surface area contributed by atoms with Crippen LogP contribution in [-0.4, -0.2) is 54.5 Å².